The Hall–Kier alpha value is -2.05. The summed E-state index contributed by atoms with van der Waals surface area (Å²) < 4.78 is 33.1. The zero-order valence-corrected chi connectivity index (χ0v) is 14.6. The molecule has 24 heavy (non-hydrogen) atoms. The second-order valence-electron chi connectivity index (χ2n) is 5.75. The fourth-order valence-electron chi connectivity index (χ4n) is 2.71. The molecule has 0 atom stereocenters. The number of ether oxygens (including phenoxy) is 1. The lowest BCUT2D eigenvalue weighted by Gasteiger charge is -2.29. The molecule has 1 N–H and O–H groups in total. The predicted molar refractivity (Wildman–Crippen MR) is 96.1 cm³/mol. The van der Waals surface area contributed by atoms with E-state index in [1.54, 1.807) is 18.2 Å². The van der Waals surface area contributed by atoms with Gasteiger partial charge in [-0.1, -0.05) is 25.1 Å². The molecule has 0 unspecified atom stereocenters. The Balaban J connectivity index is 1.78. The fraction of sp³-hybridized carbons (Fsp3) is 0.333. The first-order valence-corrected chi connectivity index (χ1v) is 9.61. The first kappa shape index (κ1) is 16.8. The number of benzene rings is 2. The standard InChI is InChI=1S/C18H22N2O3S/c1-2-15-6-8-18(9-7-15)24(21,22)19-16-4-3-5-17(14-16)20-10-12-23-13-11-20/h3-9,14,19H,2,10-13H2,1H3. The number of hydrogen-bond acceptors (Lipinski definition) is 4. The van der Waals surface area contributed by atoms with E-state index in [9.17, 15) is 8.42 Å². The molecule has 2 aromatic carbocycles. The van der Waals surface area contributed by atoms with Crippen LogP contribution >= 0.6 is 0 Å². The first-order chi connectivity index (χ1) is 11.6. The van der Waals surface area contributed by atoms with E-state index in [4.69, 9.17) is 4.74 Å². The van der Waals surface area contributed by atoms with Gasteiger partial charge in [-0.3, -0.25) is 4.72 Å². The smallest absolute Gasteiger partial charge is 0.261 e. The molecule has 0 aromatic heterocycles. The van der Waals surface area contributed by atoms with Gasteiger partial charge >= 0.3 is 0 Å². The highest BCUT2D eigenvalue weighted by atomic mass is 32.2. The van der Waals surface area contributed by atoms with Crippen LogP contribution in [0, 0.1) is 0 Å². The van der Waals surface area contributed by atoms with Crippen molar-refractivity contribution in [2.45, 2.75) is 18.2 Å². The lowest BCUT2D eigenvalue weighted by molar-refractivity contribution is 0.122. The van der Waals surface area contributed by atoms with Crippen LogP contribution < -0.4 is 9.62 Å². The largest absolute Gasteiger partial charge is 0.378 e. The van der Waals surface area contributed by atoms with Gasteiger partial charge in [0.1, 0.15) is 0 Å². The number of nitrogens with zero attached hydrogens (tertiary/aromatic N) is 1. The second-order valence-corrected chi connectivity index (χ2v) is 7.44. The van der Waals surface area contributed by atoms with Crippen molar-refractivity contribution in [3.8, 4) is 0 Å². The Bertz CT molecular complexity index is 782. The highest BCUT2D eigenvalue weighted by molar-refractivity contribution is 7.92. The highest BCUT2D eigenvalue weighted by Crippen LogP contribution is 2.23. The van der Waals surface area contributed by atoms with E-state index in [1.807, 2.05) is 37.3 Å². The van der Waals surface area contributed by atoms with Crippen molar-refractivity contribution in [3.05, 3.63) is 54.1 Å². The first-order valence-electron chi connectivity index (χ1n) is 8.13. The lowest BCUT2D eigenvalue weighted by atomic mass is 10.2. The van der Waals surface area contributed by atoms with Crippen LogP contribution in [0.4, 0.5) is 11.4 Å². The summed E-state index contributed by atoms with van der Waals surface area (Å²) in [7, 11) is -3.58. The van der Waals surface area contributed by atoms with E-state index in [0.29, 0.717) is 18.9 Å². The summed E-state index contributed by atoms with van der Waals surface area (Å²) >= 11 is 0. The Morgan fingerprint density at radius 2 is 1.79 bits per heavy atom. The minimum absolute atomic E-state index is 0.275. The van der Waals surface area contributed by atoms with Crippen LogP contribution in [-0.2, 0) is 21.2 Å². The Labute approximate surface area is 143 Å². The number of nitrogens with one attached hydrogen (secondary N) is 1. The summed E-state index contributed by atoms with van der Waals surface area (Å²) in [5.41, 5.74) is 2.68. The maximum Gasteiger partial charge on any atom is 0.261 e. The van der Waals surface area contributed by atoms with Gasteiger partial charge in [0.25, 0.3) is 10.0 Å². The minimum atomic E-state index is -3.58. The summed E-state index contributed by atoms with van der Waals surface area (Å²) in [6, 6.07) is 14.5. The van der Waals surface area contributed by atoms with E-state index in [1.165, 1.54) is 0 Å². The molecular formula is C18H22N2O3S. The molecule has 2 aromatic rings. The molecule has 1 aliphatic rings. The summed E-state index contributed by atoms with van der Waals surface area (Å²) in [6.07, 6.45) is 0.884. The number of anilines is 2. The van der Waals surface area contributed by atoms with Gasteiger partial charge in [0.15, 0.2) is 0 Å². The summed E-state index contributed by atoms with van der Waals surface area (Å²) in [5, 5.41) is 0. The average Bonchev–Trinajstić information content (AvgIpc) is 2.62. The highest BCUT2D eigenvalue weighted by Gasteiger charge is 2.16. The van der Waals surface area contributed by atoms with Crippen molar-refractivity contribution in [1.82, 2.24) is 0 Å². The van der Waals surface area contributed by atoms with Gasteiger partial charge in [0, 0.05) is 18.8 Å². The van der Waals surface area contributed by atoms with Crippen LogP contribution in [0.1, 0.15) is 12.5 Å². The molecule has 5 nitrogen and oxygen atoms in total. The maximum atomic E-state index is 12.5. The minimum Gasteiger partial charge on any atom is -0.378 e. The van der Waals surface area contributed by atoms with Crippen LogP contribution in [0.5, 0.6) is 0 Å². The molecule has 0 spiro atoms. The van der Waals surface area contributed by atoms with Crippen LogP contribution in [0.3, 0.4) is 0 Å². The molecule has 0 bridgehead atoms. The Morgan fingerprint density at radius 3 is 2.46 bits per heavy atom. The van der Waals surface area contributed by atoms with Crippen molar-refractivity contribution < 1.29 is 13.2 Å². The molecule has 0 saturated carbocycles. The predicted octanol–water partition coefficient (Wildman–Crippen LogP) is 2.89. The van der Waals surface area contributed by atoms with Crippen LogP contribution in [0.2, 0.25) is 0 Å². The van der Waals surface area contributed by atoms with E-state index in [0.717, 1.165) is 30.8 Å². The third-order valence-corrected chi connectivity index (χ3v) is 5.51. The van der Waals surface area contributed by atoms with E-state index in [2.05, 4.69) is 9.62 Å². The summed E-state index contributed by atoms with van der Waals surface area (Å²) in [4.78, 5) is 2.47. The van der Waals surface area contributed by atoms with Gasteiger partial charge in [0.05, 0.1) is 23.8 Å². The van der Waals surface area contributed by atoms with Crippen molar-refractivity contribution in [2.75, 3.05) is 35.9 Å². The zero-order chi connectivity index (χ0) is 17.0. The molecule has 0 aliphatic carbocycles. The third kappa shape index (κ3) is 3.88. The van der Waals surface area contributed by atoms with E-state index < -0.39 is 10.0 Å². The summed E-state index contributed by atoms with van der Waals surface area (Å²) in [5.74, 6) is 0. The molecule has 0 radical (unpaired) electrons. The van der Waals surface area contributed by atoms with Gasteiger partial charge in [-0.25, -0.2) is 8.42 Å². The van der Waals surface area contributed by atoms with Crippen LogP contribution in [-0.4, -0.2) is 34.7 Å². The lowest BCUT2D eigenvalue weighted by Crippen LogP contribution is -2.36. The zero-order valence-electron chi connectivity index (χ0n) is 13.7. The van der Waals surface area contributed by atoms with Gasteiger partial charge < -0.3 is 9.64 Å². The Morgan fingerprint density at radius 1 is 1.08 bits per heavy atom. The molecule has 1 saturated heterocycles. The number of hydrogen-bond donors (Lipinski definition) is 1. The molecule has 128 valence electrons. The Kier molecular flexibility index (Phi) is 5.06. The number of morpholine rings is 1. The van der Waals surface area contributed by atoms with Crippen molar-refractivity contribution in [1.29, 1.82) is 0 Å². The number of aryl methyl sites for hydroxylation is 1. The molecule has 0 amide bonds. The van der Waals surface area contributed by atoms with Gasteiger partial charge in [-0.05, 0) is 42.3 Å². The SMILES string of the molecule is CCc1ccc(S(=O)(=O)Nc2cccc(N3CCOCC3)c2)cc1. The van der Waals surface area contributed by atoms with Gasteiger partial charge in [-0.2, -0.15) is 0 Å². The van der Waals surface area contributed by atoms with Gasteiger partial charge in [-0.15, -0.1) is 0 Å². The number of rotatable bonds is 5. The van der Waals surface area contributed by atoms with Crippen molar-refractivity contribution in [2.24, 2.45) is 0 Å². The molecule has 3 rings (SSSR count). The molecule has 6 heteroatoms. The topological polar surface area (TPSA) is 58.6 Å². The van der Waals surface area contributed by atoms with Crippen LogP contribution in [0.25, 0.3) is 0 Å². The normalized spacial score (nSPS) is 15.3. The fourth-order valence-corrected chi connectivity index (χ4v) is 3.76. The monoisotopic (exact) mass is 346 g/mol. The van der Waals surface area contributed by atoms with Crippen molar-refractivity contribution in [3.63, 3.8) is 0 Å². The maximum absolute atomic E-state index is 12.5. The molecule has 1 aliphatic heterocycles. The quantitative estimate of drug-likeness (QED) is 0.904. The molecular weight excluding hydrogens is 324 g/mol. The summed E-state index contributed by atoms with van der Waals surface area (Å²) in [6.45, 7) is 5.06. The molecule has 1 heterocycles. The van der Waals surface area contributed by atoms with E-state index >= 15 is 0 Å². The third-order valence-electron chi connectivity index (χ3n) is 4.12. The van der Waals surface area contributed by atoms with Crippen LogP contribution in [0.15, 0.2) is 53.4 Å². The second kappa shape index (κ2) is 7.23. The van der Waals surface area contributed by atoms with E-state index in [-0.39, 0.29) is 4.90 Å². The molecule has 1 fully saturated rings. The number of sulfonamides is 1. The van der Waals surface area contributed by atoms with Gasteiger partial charge in [0.2, 0.25) is 0 Å². The van der Waals surface area contributed by atoms with Crippen molar-refractivity contribution >= 4 is 21.4 Å². The average molecular weight is 346 g/mol.